The fourth-order valence-corrected chi connectivity index (χ4v) is 3.11. The molecule has 1 atom stereocenters. The minimum atomic E-state index is 0.0470. The summed E-state index contributed by atoms with van der Waals surface area (Å²) in [4.78, 5) is 14.9. The van der Waals surface area contributed by atoms with Gasteiger partial charge in [0.15, 0.2) is 0 Å². The molecule has 1 unspecified atom stereocenters. The predicted molar refractivity (Wildman–Crippen MR) is 88.1 cm³/mol. The summed E-state index contributed by atoms with van der Waals surface area (Å²) in [6, 6.07) is 7.97. The highest BCUT2D eigenvalue weighted by molar-refractivity contribution is 5.87. The lowest BCUT2D eigenvalue weighted by Crippen LogP contribution is -2.45. The molecule has 3 rings (SSSR count). The highest BCUT2D eigenvalue weighted by atomic mass is 16.3. The highest BCUT2D eigenvalue weighted by Crippen LogP contribution is 2.25. The SMILES string of the molecule is Cc1c(CC(=O)C(C)CN2CCNCC2)oc2ccccc12. The van der Waals surface area contributed by atoms with Crippen molar-refractivity contribution in [3.05, 3.63) is 35.6 Å². The molecule has 1 aliphatic rings. The third-order valence-electron chi connectivity index (χ3n) is 4.57. The van der Waals surface area contributed by atoms with E-state index in [1.807, 2.05) is 38.1 Å². The van der Waals surface area contributed by atoms with E-state index in [0.29, 0.717) is 6.42 Å². The number of benzene rings is 1. The first-order valence-corrected chi connectivity index (χ1v) is 8.08. The monoisotopic (exact) mass is 300 g/mol. The van der Waals surface area contributed by atoms with Crippen molar-refractivity contribution in [2.24, 2.45) is 5.92 Å². The van der Waals surface area contributed by atoms with Crippen LogP contribution in [0.2, 0.25) is 0 Å². The second-order valence-corrected chi connectivity index (χ2v) is 6.24. The van der Waals surface area contributed by atoms with Crippen LogP contribution in [0.15, 0.2) is 28.7 Å². The van der Waals surface area contributed by atoms with Crippen LogP contribution in [-0.2, 0) is 11.2 Å². The van der Waals surface area contributed by atoms with Crippen LogP contribution >= 0.6 is 0 Å². The number of carbonyl (C=O) groups excluding carboxylic acids is 1. The molecule has 2 heterocycles. The molecular formula is C18H24N2O2. The van der Waals surface area contributed by atoms with Crippen molar-refractivity contribution in [2.75, 3.05) is 32.7 Å². The summed E-state index contributed by atoms with van der Waals surface area (Å²) < 4.78 is 5.87. The number of piperazine rings is 1. The lowest BCUT2D eigenvalue weighted by molar-refractivity contribution is -0.122. The Morgan fingerprint density at radius 2 is 2.05 bits per heavy atom. The molecule has 0 bridgehead atoms. The number of fused-ring (bicyclic) bond motifs is 1. The van der Waals surface area contributed by atoms with E-state index in [2.05, 4.69) is 10.2 Å². The molecule has 0 radical (unpaired) electrons. The van der Waals surface area contributed by atoms with Crippen molar-refractivity contribution in [1.82, 2.24) is 10.2 Å². The van der Waals surface area contributed by atoms with E-state index < -0.39 is 0 Å². The van der Waals surface area contributed by atoms with Crippen molar-refractivity contribution in [3.63, 3.8) is 0 Å². The van der Waals surface area contributed by atoms with Crippen LogP contribution in [0.5, 0.6) is 0 Å². The van der Waals surface area contributed by atoms with Crippen LogP contribution in [0.1, 0.15) is 18.2 Å². The topological polar surface area (TPSA) is 45.5 Å². The number of nitrogens with one attached hydrogen (secondary N) is 1. The Morgan fingerprint density at radius 3 is 2.77 bits per heavy atom. The van der Waals surface area contributed by atoms with Crippen molar-refractivity contribution < 1.29 is 9.21 Å². The normalized spacial score (nSPS) is 17.7. The van der Waals surface area contributed by atoms with Gasteiger partial charge in [0.25, 0.3) is 0 Å². The molecule has 1 N–H and O–H groups in total. The number of Topliss-reactive ketones (excluding diaryl/α,β-unsaturated/α-hetero) is 1. The molecule has 0 amide bonds. The molecule has 0 saturated carbocycles. The molecule has 2 aromatic rings. The standard InChI is InChI=1S/C18H24N2O2/c1-13(12-20-9-7-19-8-10-20)16(21)11-18-14(2)15-5-3-4-6-17(15)22-18/h3-6,13,19H,7-12H2,1-2H3. The van der Waals surface area contributed by atoms with Gasteiger partial charge in [0.2, 0.25) is 0 Å². The number of para-hydroxylation sites is 1. The Kier molecular flexibility index (Phi) is 4.60. The summed E-state index contributed by atoms with van der Waals surface area (Å²) in [6.45, 7) is 9.01. The largest absolute Gasteiger partial charge is 0.460 e. The predicted octanol–water partition coefficient (Wildman–Crippen LogP) is 2.39. The molecule has 1 saturated heterocycles. The van der Waals surface area contributed by atoms with Gasteiger partial charge in [-0.15, -0.1) is 0 Å². The summed E-state index contributed by atoms with van der Waals surface area (Å²) in [7, 11) is 0. The molecule has 4 nitrogen and oxygen atoms in total. The number of rotatable bonds is 5. The number of ketones is 1. The number of carbonyl (C=O) groups is 1. The van der Waals surface area contributed by atoms with Crippen molar-refractivity contribution >= 4 is 16.8 Å². The molecule has 118 valence electrons. The van der Waals surface area contributed by atoms with E-state index in [9.17, 15) is 4.79 Å². The third-order valence-corrected chi connectivity index (χ3v) is 4.57. The van der Waals surface area contributed by atoms with Crippen LogP contribution in [0.3, 0.4) is 0 Å². The second kappa shape index (κ2) is 6.63. The first-order valence-electron chi connectivity index (χ1n) is 8.08. The maximum atomic E-state index is 12.5. The Labute approximate surface area is 131 Å². The maximum absolute atomic E-state index is 12.5. The Morgan fingerprint density at radius 1 is 1.32 bits per heavy atom. The van der Waals surface area contributed by atoms with Crippen LogP contribution in [0.25, 0.3) is 11.0 Å². The van der Waals surface area contributed by atoms with Gasteiger partial charge in [-0.2, -0.15) is 0 Å². The zero-order valence-electron chi connectivity index (χ0n) is 13.4. The fourth-order valence-electron chi connectivity index (χ4n) is 3.11. The summed E-state index contributed by atoms with van der Waals surface area (Å²) in [5.41, 5.74) is 1.97. The number of aryl methyl sites for hydroxylation is 1. The molecule has 22 heavy (non-hydrogen) atoms. The first-order chi connectivity index (χ1) is 10.6. The lowest BCUT2D eigenvalue weighted by Gasteiger charge is -2.29. The number of furan rings is 1. The number of hydrogen-bond donors (Lipinski definition) is 1. The average molecular weight is 300 g/mol. The van der Waals surface area contributed by atoms with E-state index in [1.54, 1.807) is 0 Å². The molecule has 0 spiro atoms. The summed E-state index contributed by atoms with van der Waals surface area (Å²) in [6.07, 6.45) is 0.397. The molecule has 1 fully saturated rings. The second-order valence-electron chi connectivity index (χ2n) is 6.24. The molecule has 1 aromatic heterocycles. The number of hydrogen-bond acceptors (Lipinski definition) is 4. The average Bonchev–Trinajstić information content (AvgIpc) is 2.85. The first kappa shape index (κ1) is 15.3. The van der Waals surface area contributed by atoms with Gasteiger partial charge in [0.1, 0.15) is 17.1 Å². The van der Waals surface area contributed by atoms with E-state index in [4.69, 9.17) is 4.42 Å². The summed E-state index contributed by atoms with van der Waals surface area (Å²) >= 11 is 0. The van der Waals surface area contributed by atoms with Crippen LogP contribution in [0, 0.1) is 12.8 Å². The van der Waals surface area contributed by atoms with Gasteiger partial charge in [-0.1, -0.05) is 25.1 Å². The van der Waals surface area contributed by atoms with E-state index in [1.165, 1.54) is 0 Å². The zero-order valence-corrected chi connectivity index (χ0v) is 13.4. The maximum Gasteiger partial charge on any atom is 0.144 e. The van der Waals surface area contributed by atoms with Gasteiger partial charge in [-0.3, -0.25) is 4.79 Å². The zero-order chi connectivity index (χ0) is 15.5. The molecule has 1 aliphatic heterocycles. The minimum Gasteiger partial charge on any atom is -0.460 e. The van der Waals surface area contributed by atoms with Gasteiger partial charge in [-0.25, -0.2) is 0 Å². The summed E-state index contributed by atoms with van der Waals surface area (Å²) in [5.74, 6) is 1.13. The lowest BCUT2D eigenvalue weighted by atomic mass is 10.00. The third kappa shape index (κ3) is 3.23. The van der Waals surface area contributed by atoms with Gasteiger partial charge in [0, 0.05) is 44.0 Å². The van der Waals surface area contributed by atoms with Crippen LogP contribution in [0.4, 0.5) is 0 Å². The number of nitrogens with zero attached hydrogens (tertiary/aromatic N) is 1. The quantitative estimate of drug-likeness (QED) is 0.921. The molecule has 1 aromatic carbocycles. The van der Waals surface area contributed by atoms with Gasteiger partial charge in [-0.05, 0) is 18.6 Å². The summed E-state index contributed by atoms with van der Waals surface area (Å²) in [5, 5.41) is 4.45. The Balaban J connectivity index is 1.65. The highest BCUT2D eigenvalue weighted by Gasteiger charge is 2.21. The van der Waals surface area contributed by atoms with Crippen molar-refractivity contribution in [2.45, 2.75) is 20.3 Å². The fraction of sp³-hybridized carbons (Fsp3) is 0.500. The Hall–Kier alpha value is -1.65. The Bertz CT molecular complexity index is 656. The van der Waals surface area contributed by atoms with E-state index >= 15 is 0 Å². The smallest absolute Gasteiger partial charge is 0.144 e. The van der Waals surface area contributed by atoms with Crippen molar-refractivity contribution in [3.8, 4) is 0 Å². The molecular weight excluding hydrogens is 276 g/mol. The van der Waals surface area contributed by atoms with Gasteiger partial charge < -0.3 is 14.6 Å². The van der Waals surface area contributed by atoms with Crippen LogP contribution in [-0.4, -0.2) is 43.4 Å². The van der Waals surface area contributed by atoms with Crippen LogP contribution < -0.4 is 5.32 Å². The van der Waals surface area contributed by atoms with E-state index in [0.717, 1.165) is 55.0 Å². The molecule has 0 aliphatic carbocycles. The van der Waals surface area contributed by atoms with Gasteiger partial charge >= 0.3 is 0 Å². The van der Waals surface area contributed by atoms with E-state index in [-0.39, 0.29) is 11.7 Å². The molecule has 4 heteroatoms. The van der Waals surface area contributed by atoms with Gasteiger partial charge in [0.05, 0.1) is 6.42 Å². The van der Waals surface area contributed by atoms with Crippen molar-refractivity contribution in [1.29, 1.82) is 0 Å². The minimum absolute atomic E-state index is 0.0470.